The molecule has 0 aliphatic heterocycles. The minimum absolute atomic E-state index is 0.0885. The lowest BCUT2D eigenvalue weighted by Crippen LogP contribution is -2.22. The van der Waals surface area contributed by atoms with E-state index < -0.39 is 0 Å². The van der Waals surface area contributed by atoms with Crippen molar-refractivity contribution in [3.63, 3.8) is 0 Å². The van der Waals surface area contributed by atoms with E-state index in [0.29, 0.717) is 6.04 Å². The predicted molar refractivity (Wildman–Crippen MR) is 57.7 cm³/mol. The van der Waals surface area contributed by atoms with Crippen molar-refractivity contribution in [3.05, 3.63) is 27.9 Å². The Kier molecular flexibility index (Phi) is 3.09. The van der Waals surface area contributed by atoms with Crippen molar-refractivity contribution in [3.8, 4) is 0 Å². The Morgan fingerprint density at radius 3 is 2.29 bits per heavy atom. The third kappa shape index (κ3) is 1.86. The van der Waals surface area contributed by atoms with Crippen LogP contribution in [-0.4, -0.2) is 9.55 Å². The Morgan fingerprint density at radius 2 is 1.86 bits per heavy atom. The number of nitrogens with zero attached hydrogens (tertiary/aromatic N) is 2. The lowest BCUT2D eigenvalue weighted by molar-refractivity contribution is 0.557. The molecule has 0 amide bonds. The molecule has 0 unspecified atom stereocenters. The normalized spacial score (nSPS) is 11.4. The molecular weight excluding hydrogens is 176 g/mol. The average molecular weight is 194 g/mol. The SMILES string of the molecule is Cc1c(C(C)C)c(=O)ncn1C(C)C. The van der Waals surface area contributed by atoms with Crippen molar-refractivity contribution >= 4 is 0 Å². The molecule has 0 saturated carbocycles. The Bertz CT molecular complexity index is 377. The van der Waals surface area contributed by atoms with Crippen LogP contribution in [0.1, 0.15) is 50.9 Å². The van der Waals surface area contributed by atoms with Gasteiger partial charge in [0.05, 0.1) is 6.33 Å². The molecule has 0 atom stereocenters. The van der Waals surface area contributed by atoms with Gasteiger partial charge in [0.1, 0.15) is 0 Å². The molecule has 0 N–H and O–H groups in total. The second-order valence-corrected chi connectivity index (χ2v) is 4.20. The van der Waals surface area contributed by atoms with Gasteiger partial charge in [-0.2, -0.15) is 4.98 Å². The molecule has 0 spiro atoms. The monoisotopic (exact) mass is 194 g/mol. The Hall–Kier alpha value is -1.12. The summed E-state index contributed by atoms with van der Waals surface area (Å²) in [6.07, 6.45) is 1.63. The van der Waals surface area contributed by atoms with Crippen LogP contribution in [0.5, 0.6) is 0 Å². The predicted octanol–water partition coefficient (Wildman–Crippen LogP) is 2.26. The first-order valence-corrected chi connectivity index (χ1v) is 5.02. The van der Waals surface area contributed by atoms with Gasteiger partial charge in [0.15, 0.2) is 0 Å². The zero-order chi connectivity index (χ0) is 10.9. The highest BCUT2D eigenvalue weighted by Gasteiger charge is 2.12. The third-order valence-corrected chi connectivity index (χ3v) is 2.44. The first-order chi connectivity index (χ1) is 6.45. The zero-order valence-corrected chi connectivity index (χ0v) is 9.53. The minimum atomic E-state index is -0.0885. The van der Waals surface area contributed by atoms with Crippen LogP contribution in [0.15, 0.2) is 11.1 Å². The highest BCUT2D eigenvalue weighted by molar-refractivity contribution is 5.20. The topological polar surface area (TPSA) is 34.9 Å². The molecule has 0 aliphatic rings. The van der Waals surface area contributed by atoms with Gasteiger partial charge in [-0.3, -0.25) is 4.79 Å². The van der Waals surface area contributed by atoms with Gasteiger partial charge in [0.25, 0.3) is 5.56 Å². The number of hydrogen-bond acceptors (Lipinski definition) is 2. The summed E-state index contributed by atoms with van der Waals surface area (Å²) in [5, 5.41) is 0. The lowest BCUT2D eigenvalue weighted by Gasteiger charge is -2.17. The van der Waals surface area contributed by atoms with Crippen molar-refractivity contribution in [2.45, 2.75) is 46.6 Å². The molecule has 1 rings (SSSR count). The standard InChI is InChI=1S/C11H18N2O/c1-7(2)10-9(5)13(8(3)4)6-12-11(10)14/h6-8H,1-5H3. The maximum Gasteiger partial charge on any atom is 0.276 e. The van der Waals surface area contributed by atoms with Gasteiger partial charge in [0, 0.05) is 17.3 Å². The number of hydrogen-bond donors (Lipinski definition) is 0. The molecule has 1 aromatic rings. The summed E-state index contributed by atoms with van der Waals surface area (Å²) in [6, 6.07) is 0.348. The Balaban J connectivity index is 3.41. The maximum absolute atomic E-state index is 11.5. The van der Waals surface area contributed by atoms with E-state index in [1.54, 1.807) is 6.33 Å². The molecule has 0 fully saturated rings. The average Bonchev–Trinajstić information content (AvgIpc) is 2.02. The van der Waals surface area contributed by atoms with Crippen LogP contribution in [0.4, 0.5) is 0 Å². The summed E-state index contributed by atoms with van der Waals surface area (Å²) in [5.74, 6) is 0.237. The molecular formula is C11H18N2O. The summed E-state index contributed by atoms with van der Waals surface area (Å²) in [4.78, 5) is 15.4. The van der Waals surface area contributed by atoms with Gasteiger partial charge >= 0.3 is 0 Å². The van der Waals surface area contributed by atoms with E-state index in [2.05, 4.69) is 18.8 Å². The molecule has 0 aromatic carbocycles. The van der Waals surface area contributed by atoms with Gasteiger partial charge < -0.3 is 4.57 Å². The molecule has 0 aliphatic carbocycles. The van der Waals surface area contributed by atoms with Crippen molar-refractivity contribution in [1.82, 2.24) is 9.55 Å². The fraction of sp³-hybridized carbons (Fsp3) is 0.636. The third-order valence-electron chi connectivity index (χ3n) is 2.44. The van der Waals surface area contributed by atoms with E-state index in [4.69, 9.17) is 0 Å². The highest BCUT2D eigenvalue weighted by Crippen LogP contribution is 2.16. The fourth-order valence-electron chi connectivity index (χ4n) is 1.75. The van der Waals surface area contributed by atoms with Gasteiger partial charge in [-0.25, -0.2) is 0 Å². The molecule has 1 heterocycles. The Morgan fingerprint density at radius 1 is 1.29 bits per heavy atom. The summed E-state index contributed by atoms with van der Waals surface area (Å²) in [6.45, 7) is 10.2. The second kappa shape index (κ2) is 3.95. The lowest BCUT2D eigenvalue weighted by atomic mass is 10.0. The molecule has 1 aromatic heterocycles. The van der Waals surface area contributed by atoms with Crippen molar-refractivity contribution in [2.75, 3.05) is 0 Å². The first kappa shape index (κ1) is 11.0. The molecule has 78 valence electrons. The maximum atomic E-state index is 11.5. The number of aromatic nitrogens is 2. The van der Waals surface area contributed by atoms with Crippen LogP contribution >= 0.6 is 0 Å². The number of rotatable bonds is 2. The van der Waals surface area contributed by atoms with E-state index in [-0.39, 0.29) is 11.5 Å². The van der Waals surface area contributed by atoms with Crippen LogP contribution in [0.2, 0.25) is 0 Å². The summed E-state index contributed by atoms with van der Waals surface area (Å²) in [5.41, 5.74) is 1.78. The van der Waals surface area contributed by atoms with E-state index in [1.807, 2.05) is 25.3 Å². The van der Waals surface area contributed by atoms with Gasteiger partial charge in [-0.15, -0.1) is 0 Å². The molecule has 3 nitrogen and oxygen atoms in total. The Labute approximate surface area is 84.8 Å². The van der Waals surface area contributed by atoms with Crippen LogP contribution < -0.4 is 5.56 Å². The van der Waals surface area contributed by atoms with E-state index >= 15 is 0 Å². The van der Waals surface area contributed by atoms with Crippen LogP contribution in [-0.2, 0) is 0 Å². The smallest absolute Gasteiger partial charge is 0.276 e. The van der Waals surface area contributed by atoms with Gasteiger partial charge in [-0.05, 0) is 26.7 Å². The first-order valence-electron chi connectivity index (χ1n) is 5.02. The summed E-state index contributed by atoms with van der Waals surface area (Å²) in [7, 11) is 0. The quantitative estimate of drug-likeness (QED) is 0.723. The largest absolute Gasteiger partial charge is 0.333 e. The van der Waals surface area contributed by atoms with Crippen molar-refractivity contribution in [2.24, 2.45) is 0 Å². The van der Waals surface area contributed by atoms with Crippen LogP contribution in [0, 0.1) is 6.92 Å². The molecule has 0 bridgehead atoms. The highest BCUT2D eigenvalue weighted by atomic mass is 16.1. The van der Waals surface area contributed by atoms with E-state index in [1.165, 1.54) is 0 Å². The van der Waals surface area contributed by atoms with E-state index in [9.17, 15) is 4.79 Å². The molecule has 0 saturated heterocycles. The zero-order valence-electron chi connectivity index (χ0n) is 9.53. The second-order valence-electron chi connectivity index (χ2n) is 4.20. The molecule has 0 radical (unpaired) electrons. The molecule has 3 heteroatoms. The summed E-state index contributed by atoms with van der Waals surface area (Å²) >= 11 is 0. The van der Waals surface area contributed by atoms with E-state index in [0.717, 1.165) is 11.3 Å². The van der Waals surface area contributed by atoms with Crippen molar-refractivity contribution in [1.29, 1.82) is 0 Å². The fourth-order valence-corrected chi connectivity index (χ4v) is 1.75. The minimum Gasteiger partial charge on any atom is -0.333 e. The van der Waals surface area contributed by atoms with Crippen molar-refractivity contribution < 1.29 is 0 Å². The van der Waals surface area contributed by atoms with Crippen LogP contribution in [0.25, 0.3) is 0 Å². The summed E-state index contributed by atoms with van der Waals surface area (Å²) < 4.78 is 2.04. The van der Waals surface area contributed by atoms with Crippen LogP contribution in [0.3, 0.4) is 0 Å². The molecule has 14 heavy (non-hydrogen) atoms. The van der Waals surface area contributed by atoms with Gasteiger partial charge in [-0.1, -0.05) is 13.8 Å². The van der Waals surface area contributed by atoms with Gasteiger partial charge in [0.2, 0.25) is 0 Å².